The third-order valence-corrected chi connectivity index (χ3v) is 2.36. The van der Waals surface area contributed by atoms with Crippen LogP contribution in [0.3, 0.4) is 0 Å². The molecule has 3 aromatic rings. The molecular formula is C17H11FeN3O-6. The predicted octanol–water partition coefficient (Wildman–Crippen LogP) is 2.17. The van der Waals surface area contributed by atoms with Crippen molar-refractivity contribution >= 4 is 12.1 Å². The Bertz CT molecular complexity index is 629. The number of hydrogen-bond donors (Lipinski definition) is 1. The van der Waals surface area contributed by atoms with E-state index >= 15 is 0 Å². The number of aromatic nitrogens is 1. The Morgan fingerprint density at radius 2 is 1.86 bits per heavy atom. The van der Waals surface area contributed by atoms with E-state index in [1.807, 2.05) is 24.3 Å². The van der Waals surface area contributed by atoms with Crippen LogP contribution in [0.1, 0.15) is 15.9 Å². The molecule has 0 aliphatic rings. The predicted molar refractivity (Wildman–Crippen MR) is 78.7 cm³/mol. The molecule has 0 saturated carbocycles. The van der Waals surface area contributed by atoms with Crippen LogP contribution in [0.2, 0.25) is 0 Å². The molecule has 0 atom stereocenters. The van der Waals surface area contributed by atoms with Gasteiger partial charge in [-0.25, -0.2) is 17.6 Å². The molecule has 1 N–H and O–H groups in total. The van der Waals surface area contributed by atoms with Gasteiger partial charge in [0.05, 0.1) is 0 Å². The quantitative estimate of drug-likeness (QED) is 0.347. The minimum absolute atomic E-state index is 0. The summed E-state index contributed by atoms with van der Waals surface area (Å²) < 4.78 is 0. The van der Waals surface area contributed by atoms with Crippen LogP contribution in [0.4, 0.5) is 0 Å². The molecule has 0 fully saturated rings. The normalized spacial score (nSPS) is 9.45. The first-order chi connectivity index (χ1) is 10.4. The molecule has 1 amide bonds. The smallest absolute Gasteiger partial charge is 0.271 e. The molecule has 0 aliphatic heterocycles. The molecule has 0 spiro atoms. The van der Waals surface area contributed by atoms with Crippen molar-refractivity contribution in [3.8, 4) is 0 Å². The number of nitrogens with one attached hydrogen (secondary N) is 1. The molecule has 1 heterocycles. The topological polar surface area (TPSA) is 54.4 Å². The maximum absolute atomic E-state index is 11.5. The first kappa shape index (κ1) is 17.6. The van der Waals surface area contributed by atoms with Crippen LogP contribution < -0.4 is 5.43 Å². The summed E-state index contributed by atoms with van der Waals surface area (Å²) in [7, 11) is 0. The number of nitrogens with zero attached hydrogens (tertiary/aromatic N) is 2. The van der Waals surface area contributed by atoms with Crippen molar-refractivity contribution in [2.24, 2.45) is 5.10 Å². The maximum atomic E-state index is 11.5. The summed E-state index contributed by atoms with van der Waals surface area (Å²) in [4.78, 5) is 15.4. The number of rotatable bonds is 3. The first-order valence-electron chi connectivity index (χ1n) is 6.14. The average molecular weight is 329 g/mol. The summed E-state index contributed by atoms with van der Waals surface area (Å²) in [5.41, 5.74) is 3.93. The number of amides is 1. The molecule has 0 unspecified atom stereocenters. The second-order valence-electron chi connectivity index (χ2n) is 3.84. The van der Waals surface area contributed by atoms with E-state index in [0.717, 1.165) is 5.56 Å². The fourth-order valence-corrected chi connectivity index (χ4v) is 1.39. The minimum Gasteiger partial charge on any atom is -0.999 e. The van der Waals surface area contributed by atoms with Gasteiger partial charge in [0.1, 0.15) is 0 Å². The van der Waals surface area contributed by atoms with Crippen molar-refractivity contribution in [3.63, 3.8) is 0 Å². The molecule has 1 aromatic heterocycles. The van der Waals surface area contributed by atoms with Crippen molar-refractivity contribution in [1.29, 1.82) is 0 Å². The van der Waals surface area contributed by atoms with Gasteiger partial charge in [0.25, 0.3) is 5.91 Å². The Labute approximate surface area is 140 Å². The van der Waals surface area contributed by atoms with Gasteiger partial charge in [0, 0.05) is 35.0 Å². The first-order valence-corrected chi connectivity index (χ1v) is 6.14. The Balaban J connectivity index is 0.000000344. The van der Waals surface area contributed by atoms with Gasteiger partial charge in [-0.2, -0.15) is 17.2 Å². The van der Waals surface area contributed by atoms with Crippen LogP contribution in [0, 0.1) is 24.3 Å². The van der Waals surface area contributed by atoms with Gasteiger partial charge in [-0.15, -0.1) is 5.56 Å². The number of hydrogen-bond acceptors (Lipinski definition) is 3. The number of hydrazone groups is 1. The van der Waals surface area contributed by atoms with Crippen molar-refractivity contribution < 1.29 is 21.9 Å². The van der Waals surface area contributed by atoms with Gasteiger partial charge >= 0.3 is 0 Å². The molecule has 0 aliphatic carbocycles. The van der Waals surface area contributed by atoms with Crippen LogP contribution in [-0.2, 0) is 17.1 Å². The average Bonchev–Trinajstić information content (AvgIpc) is 3.24. The number of carbonyl (C=O) groups excluding carboxylic acids is 1. The van der Waals surface area contributed by atoms with E-state index < -0.39 is 0 Å². The van der Waals surface area contributed by atoms with E-state index in [4.69, 9.17) is 0 Å². The minimum atomic E-state index is -0.245. The second kappa shape index (κ2) is 10.3. The van der Waals surface area contributed by atoms with Crippen molar-refractivity contribution in [2.45, 2.75) is 0 Å². The summed E-state index contributed by atoms with van der Waals surface area (Å²) in [5, 5.41) is 3.85. The van der Waals surface area contributed by atoms with Gasteiger partial charge in [-0.1, -0.05) is 0 Å². The van der Waals surface area contributed by atoms with E-state index in [2.05, 4.69) is 39.8 Å². The van der Waals surface area contributed by atoms with E-state index in [0.29, 0.717) is 5.56 Å². The van der Waals surface area contributed by atoms with Crippen LogP contribution in [-0.4, -0.2) is 17.1 Å². The Kier molecular flexibility index (Phi) is 8.20. The molecule has 0 bridgehead atoms. The fourth-order valence-electron chi connectivity index (χ4n) is 1.39. The zero-order valence-electron chi connectivity index (χ0n) is 11.4. The third kappa shape index (κ3) is 6.31. The van der Waals surface area contributed by atoms with Crippen LogP contribution in [0.5, 0.6) is 0 Å². The Morgan fingerprint density at radius 1 is 1.23 bits per heavy atom. The molecule has 3 rings (SSSR count). The number of carbonyl (C=O) groups is 1. The zero-order valence-corrected chi connectivity index (χ0v) is 12.5. The van der Waals surface area contributed by atoms with Gasteiger partial charge in [-0.05, 0) is 18.3 Å². The molecule has 114 valence electrons. The molecule has 2 aromatic carbocycles. The standard InChI is InChI=1S/C12H10N3O.C5H.Fe/c16-12(11-5-7-13-8-6-11)15-14-9-10-3-1-2-4-10;1-2-4-5-3-1;/h1-9H,(H,15,16);1H;/q-1;-5;. The molecular weight excluding hydrogens is 318 g/mol. The van der Waals surface area contributed by atoms with Gasteiger partial charge < -0.3 is 30.3 Å². The van der Waals surface area contributed by atoms with Gasteiger partial charge in [-0.3, -0.25) is 9.78 Å². The summed E-state index contributed by atoms with van der Waals surface area (Å²) in [6.07, 6.45) is 4.73. The van der Waals surface area contributed by atoms with E-state index in [9.17, 15) is 4.79 Å². The molecule has 22 heavy (non-hydrogen) atoms. The largest absolute Gasteiger partial charge is 0.999 e. The molecule has 5 heteroatoms. The van der Waals surface area contributed by atoms with Crippen LogP contribution in [0.25, 0.3) is 0 Å². The zero-order chi connectivity index (χ0) is 14.8. The van der Waals surface area contributed by atoms with Gasteiger partial charge in [0.15, 0.2) is 0 Å². The maximum Gasteiger partial charge on any atom is 0.271 e. The molecule has 4 nitrogen and oxygen atoms in total. The van der Waals surface area contributed by atoms with Crippen molar-refractivity contribution in [2.75, 3.05) is 0 Å². The van der Waals surface area contributed by atoms with Crippen LogP contribution in [0.15, 0.2) is 60.0 Å². The number of pyridine rings is 1. The van der Waals surface area contributed by atoms with E-state index in [1.165, 1.54) is 0 Å². The summed E-state index contributed by atoms with van der Waals surface area (Å²) >= 11 is 0. The Hall–Kier alpha value is -2.49. The summed E-state index contributed by atoms with van der Waals surface area (Å²) in [6, 6.07) is 22.9. The van der Waals surface area contributed by atoms with E-state index in [1.54, 1.807) is 36.8 Å². The summed E-state index contributed by atoms with van der Waals surface area (Å²) in [5.74, 6) is -0.245. The van der Waals surface area contributed by atoms with Crippen molar-refractivity contribution in [3.05, 3.63) is 90.3 Å². The fraction of sp³-hybridized carbons (Fsp3) is 0. The monoisotopic (exact) mass is 329 g/mol. The third-order valence-electron chi connectivity index (χ3n) is 2.36. The summed E-state index contributed by atoms with van der Waals surface area (Å²) in [6.45, 7) is 0. The van der Waals surface area contributed by atoms with Crippen LogP contribution >= 0.6 is 0 Å². The SMILES string of the molecule is O=C(NN=C[c-]1cccc1)c1ccncc1.[Fe].[c-]1[c-][c-][cH-][c-]1. The molecule has 0 radical (unpaired) electrons. The second-order valence-corrected chi connectivity index (χ2v) is 3.84. The molecule has 0 saturated heterocycles. The van der Waals surface area contributed by atoms with Crippen molar-refractivity contribution in [1.82, 2.24) is 10.4 Å². The van der Waals surface area contributed by atoms with E-state index in [-0.39, 0.29) is 23.0 Å². The van der Waals surface area contributed by atoms with Gasteiger partial charge in [0.2, 0.25) is 0 Å². The Morgan fingerprint density at radius 3 is 2.41 bits per heavy atom.